The molecule has 0 aliphatic carbocycles. The minimum Gasteiger partial charge on any atom is -0.382 e. The van der Waals surface area contributed by atoms with E-state index in [1.807, 2.05) is 18.2 Å². The maximum Gasteiger partial charge on any atom is 0.155 e. The fraction of sp³-hybridized carbons (Fsp3) is 0. The number of nitrogens with two attached hydrogens (primary N) is 1. The van der Waals surface area contributed by atoms with Crippen LogP contribution in [0.15, 0.2) is 48.8 Å². The Morgan fingerprint density at radius 3 is 2.64 bits per heavy atom. The zero-order chi connectivity index (χ0) is 15.1. The Morgan fingerprint density at radius 1 is 1.09 bits per heavy atom. The molecule has 2 aromatic heterocycles. The fourth-order valence-electron chi connectivity index (χ4n) is 2.41. The average molecular weight is 294 g/mol. The summed E-state index contributed by atoms with van der Waals surface area (Å²) in [6.07, 6.45) is 1.45. The molecular formula is C15H11FN6. The number of fused-ring (bicyclic) bond motifs is 1. The predicted octanol–water partition coefficient (Wildman–Crippen LogP) is 2.53. The standard InChI is InChI=1S/C15H11FN6/c16-10-2-4-11(5-3-10)22-13-7-9(15-18-8-19-20-15)1-6-12(13)14(17)21-22/h1-8H,(H2,17,21)(H,18,19,20). The summed E-state index contributed by atoms with van der Waals surface area (Å²) in [5, 5.41) is 11.8. The molecule has 0 fully saturated rings. The van der Waals surface area contributed by atoms with Gasteiger partial charge in [0.05, 0.1) is 11.2 Å². The average Bonchev–Trinajstić information content (AvgIpc) is 3.17. The van der Waals surface area contributed by atoms with Crippen molar-refractivity contribution in [2.24, 2.45) is 0 Å². The van der Waals surface area contributed by atoms with Crippen molar-refractivity contribution in [1.29, 1.82) is 0 Å². The normalized spacial score (nSPS) is 11.1. The lowest BCUT2D eigenvalue weighted by Crippen LogP contribution is -1.97. The van der Waals surface area contributed by atoms with Crippen molar-refractivity contribution in [2.45, 2.75) is 0 Å². The Hall–Kier alpha value is -3.22. The SMILES string of the molecule is Nc1nn(-c2ccc(F)cc2)c2cc(-c3ncn[nH]3)ccc12. The molecule has 4 aromatic rings. The molecule has 0 atom stereocenters. The van der Waals surface area contributed by atoms with Crippen LogP contribution in [-0.2, 0) is 0 Å². The highest BCUT2D eigenvalue weighted by Gasteiger charge is 2.12. The number of hydrogen-bond donors (Lipinski definition) is 2. The van der Waals surface area contributed by atoms with E-state index in [0.29, 0.717) is 11.6 Å². The molecule has 7 heteroatoms. The Kier molecular flexibility index (Phi) is 2.65. The summed E-state index contributed by atoms with van der Waals surface area (Å²) in [6.45, 7) is 0. The number of nitrogen functional groups attached to an aromatic ring is 1. The second-order valence-electron chi connectivity index (χ2n) is 4.84. The van der Waals surface area contributed by atoms with Crippen LogP contribution >= 0.6 is 0 Å². The summed E-state index contributed by atoms with van der Waals surface area (Å²) in [5.74, 6) is 0.784. The molecule has 22 heavy (non-hydrogen) atoms. The van der Waals surface area contributed by atoms with E-state index in [-0.39, 0.29) is 5.82 Å². The first-order chi connectivity index (χ1) is 10.7. The van der Waals surface area contributed by atoms with Gasteiger partial charge in [-0.3, -0.25) is 5.10 Å². The number of H-pyrrole nitrogens is 1. The number of hydrogen-bond acceptors (Lipinski definition) is 4. The third kappa shape index (κ3) is 1.91. The van der Waals surface area contributed by atoms with Crippen LogP contribution in [0.2, 0.25) is 0 Å². The highest BCUT2D eigenvalue weighted by atomic mass is 19.1. The molecule has 0 unspecified atom stereocenters. The first-order valence-corrected chi connectivity index (χ1v) is 6.62. The van der Waals surface area contributed by atoms with Crippen LogP contribution in [0.3, 0.4) is 0 Å². The van der Waals surface area contributed by atoms with Crippen molar-refractivity contribution in [1.82, 2.24) is 25.0 Å². The van der Waals surface area contributed by atoms with Gasteiger partial charge in [0.1, 0.15) is 12.1 Å². The summed E-state index contributed by atoms with van der Waals surface area (Å²) >= 11 is 0. The van der Waals surface area contributed by atoms with Gasteiger partial charge in [0.2, 0.25) is 0 Å². The van der Waals surface area contributed by atoms with Crippen molar-refractivity contribution in [3.8, 4) is 17.1 Å². The molecule has 0 bridgehead atoms. The summed E-state index contributed by atoms with van der Waals surface area (Å²) in [7, 11) is 0. The van der Waals surface area contributed by atoms with Crippen LogP contribution in [0.1, 0.15) is 0 Å². The molecule has 6 nitrogen and oxygen atoms in total. The number of halogens is 1. The van der Waals surface area contributed by atoms with E-state index in [9.17, 15) is 4.39 Å². The molecule has 2 aromatic carbocycles. The van der Waals surface area contributed by atoms with E-state index in [4.69, 9.17) is 5.73 Å². The van der Waals surface area contributed by atoms with E-state index in [2.05, 4.69) is 20.3 Å². The number of nitrogens with one attached hydrogen (secondary N) is 1. The predicted molar refractivity (Wildman–Crippen MR) is 80.8 cm³/mol. The number of nitrogens with zero attached hydrogens (tertiary/aromatic N) is 4. The molecular weight excluding hydrogens is 283 g/mol. The second-order valence-corrected chi connectivity index (χ2v) is 4.84. The molecule has 0 aliphatic heterocycles. The van der Waals surface area contributed by atoms with Gasteiger partial charge in [0.25, 0.3) is 0 Å². The molecule has 3 N–H and O–H groups in total. The quantitative estimate of drug-likeness (QED) is 0.595. The first kappa shape index (κ1) is 12.5. The number of benzene rings is 2. The largest absolute Gasteiger partial charge is 0.382 e. The molecule has 2 heterocycles. The third-order valence-corrected chi connectivity index (χ3v) is 3.47. The molecule has 0 amide bonds. The Balaban J connectivity index is 1.94. The van der Waals surface area contributed by atoms with Crippen molar-refractivity contribution in [3.63, 3.8) is 0 Å². The van der Waals surface area contributed by atoms with Crippen LogP contribution in [0.25, 0.3) is 28.0 Å². The van der Waals surface area contributed by atoms with Crippen molar-refractivity contribution >= 4 is 16.7 Å². The lowest BCUT2D eigenvalue weighted by Gasteiger charge is -2.04. The van der Waals surface area contributed by atoms with Crippen LogP contribution in [0.4, 0.5) is 10.2 Å². The van der Waals surface area contributed by atoms with Crippen molar-refractivity contribution in [3.05, 3.63) is 54.6 Å². The van der Waals surface area contributed by atoms with Crippen molar-refractivity contribution in [2.75, 3.05) is 5.73 Å². The molecule has 0 saturated heterocycles. The Labute approximate surface area is 124 Å². The monoisotopic (exact) mass is 294 g/mol. The Morgan fingerprint density at radius 2 is 1.91 bits per heavy atom. The van der Waals surface area contributed by atoms with E-state index < -0.39 is 0 Å². The van der Waals surface area contributed by atoms with E-state index in [1.165, 1.54) is 18.5 Å². The van der Waals surface area contributed by atoms with Gasteiger partial charge in [-0.15, -0.1) is 5.10 Å². The highest BCUT2D eigenvalue weighted by molar-refractivity contribution is 5.92. The maximum atomic E-state index is 13.1. The van der Waals surface area contributed by atoms with Crippen LogP contribution in [-0.4, -0.2) is 25.0 Å². The number of anilines is 1. The van der Waals surface area contributed by atoms with Gasteiger partial charge in [0.15, 0.2) is 11.6 Å². The molecule has 108 valence electrons. The van der Waals surface area contributed by atoms with Crippen LogP contribution in [0.5, 0.6) is 0 Å². The maximum absolute atomic E-state index is 13.1. The smallest absolute Gasteiger partial charge is 0.155 e. The second kappa shape index (κ2) is 4.66. The van der Waals surface area contributed by atoms with E-state index in [0.717, 1.165) is 22.2 Å². The van der Waals surface area contributed by atoms with E-state index in [1.54, 1.807) is 16.8 Å². The minimum absolute atomic E-state index is 0.296. The number of aromatic amines is 1. The van der Waals surface area contributed by atoms with Gasteiger partial charge in [0, 0.05) is 10.9 Å². The summed E-state index contributed by atoms with van der Waals surface area (Å²) in [5.41, 5.74) is 8.39. The minimum atomic E-state index is -0.296. The topological polar surface area (TPSA) is 85.4 Å². The van der Waals surface area contributed by atoms with Gasteiger partial charge in [-0.25, -0.2) is 14.1 Å². The number of aromatic nitrogens is 5. The lowest BCUT2D eigenvalue weighted by molar-refractivity contribution is 0.627. The van der Waals surface area contributed by atoms with Gasteiger partial charge < -0.3 is 5.73 Å². The van der Waals surface area contributed by atoms with Crippen LogP contribution in [0, 0.1) is 5.82 Å². The van der Waals surface area contributed by atoms with Gasteiger partial charge in [-0.2, -0.15) is 5.10 Å². The third-order valence-electron chi connectivity index (χ3n) is 3.47. The molecule has 4 rings (SSSR count). The summed E-state index contributed by atoms with van der Waals surface area (Å²) in [6, 6.07) is 11.8. The lowest BCUT2D eigenvalue weighted by atomic mass is 10.1. The fourth-order valence-corrected chi connectivity index (χ4v) is 2.41. The zero-order valence-corrected chi connectivity index (χ0v) is 11.4. The van der Waals surface area contributed by atoms with Gasteiger partial charge in [-0.05, 0) is 36.4 Å². The summed E-state index contributed by atoms with van der Waals surface area (Å²) < 4.78 is 14.8. The van der Waals surface area contributed by atoms with Gasteiger partial charge in [-0.1, -0.05) is 6.07 Å². The van der Waals surface area contributed by atoms with E-state index >= 15 is 0 Å². The van der Waals surface area contributed by atoms with Crippen LogP contribution < -0.4 is 5.73 Å². The molecule has 0 saturated carbocycles. The molecule has 0 aliphatic rings. The highest BCUT2D eigenvalue weighted by Crippen LogP contribution is 2.27. The molecule has 0 spiro atoms. The Bertz CT molecular complexity index is 940. The molecule has 0 radical (unpaired) electrons. The summed E-state index contributed by atoms with van der Waals surface area (Å²) in [4.78, 5) is 4.14. The van der Waals surface area contributed by atoms with Gasteiger partial charge >= 0.3 is 0 Å². The zero-order valence-electron chi connectivity index (χ0n) is 11.4. The van der Waals surface area contributed by atoms with Crippen molar-refractivity contribution < 1.29 is 4.39 Å². The first-order valence-electron chi connectivity index (χ1n) is 6.62. The number of rotatable bonds is 2.